The molecule has 0 fully saturated rings. The zero-order valence-corrected chi connectivity index (χ0v) is 11.6. The van der Waals surface area contributed by atoms with E-state index in [1.165, 1.54) is 24.3 Å². The van der Waals surface area contributed by atoms with E-state index < -0.39 is 15.9 Å². The quantitative estimate of drug-likeness (QED) is 0.943. The number of ether oxygens (including phenoxy) is 1. The van der Waals surface area contributed by atoms with Crippen molar-refractivity contribution in [3.63, 3.8) is 0 Å². The molecule has 0 aromatic heterocycles. The summed E-state index contributed by atoms with van der Waals surface area (Å²) < 4.78 is 27.6. The second-order valence-corrected chi connectivity index (χ2v) is 6.14. The highest BCUT2D eigenvalue weighted by Gasteiger charge is 2.08. The summed E-state index contributed by atoms with van der Waals surface area (Å²) in [5, 5.41) is 2.56. The number of amides is 1. The lowest BCUT2D eigenvalue weighted by atomic mass is 10.3. The Labute approximate surface area is 117 Å². The van der Waals surface area contributed by atoms with E-state index in [2.05, 4.69) is 5.32 Å². The molecule has 0 heterocycles. The van der Waals surface area contributed by atoms with Crippen molar-refractivity contribution < 1.29 is 17.9 Å². The van der Waals surface area contributed by atoms with Crippen molar-refractivity contribution in [3.05, 3.63) is 54.6 Å². The molecule has 1 N–H and O–H groups in total. The topological polar surface area (TPSA) is 72.5 Å². The van der Waals surface area contributed by atoms with Crippen LogP contribution < -0.4 is 10.1 Å². The summed E-state index contributed by atoms with van der Waals surface area (Å²) in [6.07, 6.45) is 0.480. The van der Waals surface area contributed by atoms with E-state index >= 15 is 0 Å². The first-order valence-corrected chi connectivity index (χ1v) is 7.68. The lowest BCUT2D eigenvalue weighted by Gasteiger charge is -2.06. The fourth-order valence-corrected chi connectivity index (χ4v) is 2.16. The highest BCUT2D eigenvalue weighted by atomic mass is 32.2. The number of sulfone groups is 1. The zero-order chi connectivity index (χ0) is 14.6. The first-order valence-electron chi connectivity index (χ1n) is 5.79. The summed E-state index contributed by atoms with van der Waals surface area (Å²) in [6.45, 7) is 0. The van der Waals surface area contributed by atoms with Crippen molar-refractivity contribution >= 4 is 21.6 Å². The molecule has 0 radical (unpaired) electrons. The number of hydrogen-bond acceptors (Lipinski definition) is 4. The van der Waals surface area contributed by atoms with E-state index in [4.69, 9.17) is 4.74 Å². The van der Waals surface area contributed by atoms with Crippen LogP contribution in [-0.4, -0.2) is 20.8 Å². The Morgan fingerprint density at radius 3 is 2.15 bits per heavy atom. The molecule has 2 aromatic rings. The third-order valence-electron chi connectivity index (χ3n) is 2.48. The van der Waals surface area contributed by atoms with Gasteiger partial charge < -0.3 is 4.74 Å². The van der Waals surface area contributed by atoms with Crippen molar-refractivity contribution in [2.45, 2.75) is 4.90 Å². The van der Waals surface area contributed by atoms with Crippen LogP contribution in [0.5, 0.6) is 5.75 Å². The monoisotopic (exact) mass is 291 g/mol. The van der Waals surface area contributed by atoms with Crippen molar-refractivity contribution in [1.82, 2.24) is 0 Å². The number of benzene rings is 2. The minimum Gasteiger partial charge on any atom is -0.410 e. The molecule has 0 unspecified atom stereocenters. The van der Waals surface area contributed by atoms with Gasteiger partial charge in [0.1, 0.15) is 5.75 Å². The van der Waals surface area contributed by atoms with Gasteiger partial charge in [-0.1, -0.05) is 18.2 Å². The average Bonchev–Trinajstić information content (AvgIpc) is 2.39. The van der Waals surface area contributed by atoms with Crippen molar-refractivity contribution in [2.24, 2.45) is 0 Å². The van der Waals surface area contributed by atoms with Crippen LogP contribution in [0.3, 0.4) is 0 Å². The van der Waals surface area contributed by atoms with Gasteiger partial charge in [0.25, 0.3) is 0 Å². The number of anilines is 1. The van der Waals surface area contributed by atoms with Gasteiger partial charge >= 0.3 is 6.09 Å². The molecule has 104 valence electrons. The average molecular weight is 291 g/mol. The second kappa shape index (κ2) is 5.75. The van der Waals surface area contributed by atoms with Gasteiger partial charge in [0.15, 0.2) is 9.84 Å². The van der Waals surface area contributed by atoms with Crippen LogP contribution in [0.15, 0.2) is 59.5 Å². The van der Waals surface area contributed by atoms with E-state index in [0.717, 1.165) is 6.26 Å². The van der Waals surface area contributed by atoms with E-state index in [-0.39, 0.29) is 10.6 Å². The van der Waals surface area contributed by atoms with Gasteiger partial charge in [-0.15, -0.1) is 0 Å². The van der Waals surface area contributed by atoms with E-state index in [9.17, 15) is 13.2 Å². The number of rotatable bonds is 3. The van der Waals surface area contributed by atoms with Gasteiger partial charge in [0, 0.05) is 11.9 Å². The highest BCUT2D eigenvalue weighted by Crippen LogP contribution is 2.16. The second-order valence-electron chi connectivity index (χ2n) is 4.12. The van der Waals surface area contributed by atoms with Gasteiger partial charge in [0.2, 0.25) is 0 Å². The van der Waals surface area contributed by atoms with Crippen LogP contribution >= 0.6 is 0 Å². The Hall–Kier alpha value is -2.34. The Balaban J connectivity index is 2.02. The number of nitrogens with one attached hydrogen (secondary N) is 1. The van der Waals surface area contributed by atoms with Gasteiger partial charge in [0.05, 0.1) is 4.90 Å². The van der Waals surface area contributed by atoms with Crippen LogP contribution in [0.1, 0.15) is 0 Å². The Bertz CT molecular complexity index is 694. The molecule has 5 nitrogen and oxygen atoms in total. The zero-order valence-electron chi connectivity index (χ0n) is 10.7. The smallest absolute Gasteiger partial charge is 0.410 e. The number of carbonyl (C=O) groups is 1. The molecule has 6 heteroatoms. The van der Waals surface area contributed by atoms with Crippen LogP contribution in [0.25, 0.3) is 0 Å². The predicted octanol–water partition coefficient (Wildman–Crippen LogP) is 2.70. The molecule has 0 saturated heterocycles. The fourth-order valence-electron chi connectivity index (χ4n) is 1.53. The maximum atomic E-state index is 11.6. The van der Waals surface area contributed by atoms with Gasteiger partial charge in [-0.05, 0) is 36.4 Å². The molecule has 0 bridgehead atoms. The predicted molar refractivity (Wildman–Crippen MR) is 75.6 cm³/mol. The molecular weight excluding hydrogens is 278 g/mol. The lowest BCUT2D eigenvalue weighted by molar-refractivity contribution is 0.215. The molecule has 2 aromatic carbocycles. The summed E-state index contributed by atoms with van der Waals surface area (Å²) in [4.78, 5) is 11.8. The van der Waals surface area contributed by atoms with Crippen molar-refractivity contribution in [2.75, 3.05) is 11.6 Å². The fraction of sp³-hybridized carbons (Fsp3) is 0.0714. The first-order chi connectivity index (χ1) is 9.45. The number of hydrogen-bond donors (Lipinski definition) is 1. The maximum Gasteiger partial charge on any atom is 0.417 e. The van der Waals surface area contributed by atoms with Crippen molar-refractivity contribution in [1.29, 1.82) is 0 Å². The molecule has 0 aliphatic carbocycles. The summed E-state index contributed by atoms with van der Waals surface area (Å²) in [5.41, 5.74) is 0.616. The van der Waals surface area contributed by atoms with Crippen LogP contribution in [0.4, 0.5) is 10.5 Å². The molecular formula is C14H13NO4S. The highest BCUT2D eigenvalue weighted by molar-refractivity contribution is 7.90. The normalized spacial score (nSPS) is 10.8. The van der Waals surface area contributed by atoms with Gasteiger partial charge in [-0.25, -0.2) is 13.2 Å². The minimum absolute atomic E-state index is 0.174. The molecule has 0 aliphatic rings. The molecule has 2 rings (SSSR count). The summed E-state index contributed by atoms with van der Waals surface area (Å²) in [5.74, 6) is 0.269. The van der Waals surface area contributed by atoms with Crippen molar-refractivity contribution in [3.8, 4) is 5.75 Å². The molecule has 20 heavy (non-hydrogen) atoms. The Morgan fingerprint density at radius 2 is 1.60 bits per heavy atom. The largest absolute Gasteiger partial charge is 0.417 e. The summed E-state index contributed by atoms with van der Waals surface area (Å²) in [7, 11) is -3.25. The number of carbonyl (C=O) groups excluding carboxylic acids is 1. The SMILES string of the molecule is CS(=O)(=O)c1ccc(OC(=O)Nc2ccccc2)cc1. The number of para-hydroxylation sites is 1. The maximum absolute atomic E-state index is 11.6. The van der Waals surface area contributed by atoms with Crippen LogP contribution in [0.2, 0.25) is 0 Å². The third-order valence-corrected chi connectivity index (χ3v) is 3.61. The third kappa shape index (κ3) is 3.83. The van der Waals surface area contributed by atoms with E-state index in [1.807, 2.05) is 6.07 Å². The van der Waals surface area contributed by atoms with Crippen LogP contribution in [-0.2, 0) is 9.84 Å². The standard InChI is InChI=1S/C14H13NO4S/c1-20(17,18)13-9-7-12(8-10-13)19-14(16)15-11-5-3-2-4-6-11/h2-10H,1H3,(H,15,16). The minimum atomic E-state index is -3.25. The summed E-state index contributed by atoms with van der Waals surface area (Å²) in [6, 6.07) is 14.5. The van der Waals surface area contributed by atoms with Gasteiger partial charge in [-0.3, -0.25) is 5.32 Å². The van der Waals surface area contributed by atoms with Gasteiger partial charge in [-0.2, -0.15) is 0 Å². The van der Waals surface area contributed by atoms with E-state index in [1.54, 1.807) is 24.3 Å². The molecule has 0 saturated carbocycles. The Morgan fingerprint density at radius 1 is 1.00 bits per heavy atom. The molecule has 0 spiro atoms. The Kier molecular flexibility index (Phi) is 4.05. The molecule has 0 atom stereocenters. The molecule has 0 aliphatic heterocycles. The van der Waals surface area contributed by atoms with E-state index in [0.29, 0.717) is 5.69 Å². The summed E-state index contributed by atoms with van der Waals surface area (Å²) >= 11 is 0. The van der Waals surface area contributed by atoms with Crippen LogP contribution in [0, 0.1) is 0 Å². The lowest BCUT2D eigenvalue weighted by Crippen LogP contribution is -2.16. The first kappa shape index (κ1) is 14.1. The molecule has 1 amide bonds.